The molecule has 1 saturated heterocycles. The molecule has 1 atom stereocenters. The van der Waals surface area contributed by atoms with Gasteiger partial charge in [0.25, 0.3) is 0 Å². The van der Waals surface area contributed by atoms with E-state index in [1.807, 2.05) is 24.3 Å². The van der Waals surface area contributed by atoms with Gasteiger partial charge >= 0.3 is 0 Å². The lowest BCUT2D eigenvalue weighted by Gasteiger charge is -2.23. The largest absolute Gasteiger partial charge is 0.457 e. The molecule has 1 spiro atoms. The molecule has 5 nitrogen and oxygen atoms in total. The number of piperidine rings is 1. The SMILES string of the molecule is Cl.Cl.O=C(Nc1cccc(Oc2ccncc2)c1)C1CC12CCNCC2. The summed E-state index contributed by atoms with van der Waals surface area (Å²) in [5, 5.41) is 6.42. The van der Waals surface area contributed by atoms with E-state index in [0.717, 1.165) is 43.8 Å². The van der Waals surface area contributed by atoms with Crippen molar-refractivity contribution in [3.63, 3.8) is 0 Å². The van der Waals surface area contributed by atoms with E-state index in [4.69, 9.17) is 4.74 Å². The standard InChI is InChI=1S/C19H21N3O2.2ClH/c23-18(17-13-19(17)6-10-21-11-7-19)22-14-2-1-3-16(12-14)24-15-4-8-20-9-5-15;;/h1-5,8-9,12,17,21H,6-7,10-11,13H2,(H,22,23);2*1H. The van der Waals surface area contributed by atoms with Gasteiger partial charge in [0.2, 0.25) is 5.91 Å². The number of nitrogens with zero attached hydrogens (tertiary/aromatic N) is 1. The number of hydrogen-bond donors (Lipinski definition) is 2. The molecule has 2 N–H and O–H groups in total. The summed E-state index contributed by atoms with van der Waals surface area (Å²) in [4.78, 5) is 16.5. The fraction of sp³-hybridized carbons (Fsp3) is 0.368. The van der Waals surface area contributed by atoms with Gasteiger partial charge in [0.15, 0.2) is 0 Å². The smallest absolute Gasteiger partial charge is 0.228 e. The fourth-order valence-electron chi connectivity index (χ4n) is 3.60. The number of carbonyl (C=O) groups excluding carboxylic acids is 1. The van der Waals surface area contributed by atoms with E-state index in [-0.39, 0.29) is 42.1 Å². The highest BCUT2D eigenvalue weighted by Crippen LogP contribution is 2.58. The lowest BCUT2D eigenvalue weighted by atomic mass is 9.92. The predicted molar refractivity (Wildman–Crippen MR) is 107 cm³/mol. The van der Waals surface area contributed by atoms with Gasteiger partial charge in [-0.25, -0.2) is 0 Å². The number of ether oxygens (including phenoxy) is 1. The molecule has 4 rings (SSSR count). The van der Waals surface area contributed by atoms with E-state index < -0.39 is 0 Å². The molecule has 1 saturated carbocycles. The number of benzene rings is 1. The first-order chi connectivity index (χ1) is 11.8. The van der Waals surface area contributed by atoms with Crippen molar-refractivity contribution in [1.29, 1.82) is 0 Å². The van der Waals surface area contributed by atoms with Crippen LogP contribution in [-0.4, -0.2) is 24.0 Å². The predicted octanol–water partition coefficient (Wildman–Crippen LogP) is 4.05. The summed E-state index contributed by atoms with van der Waals surface area (Å²) in [6.45, 7) is 2.05. The fourth-order valence-corrected chi connectivity index (χ4v) is 3.60. The monoisotopic (exact) mass is 395 g/mol. The Morgan fingerprint density at radius 3 is 2.58 bits per heavy atom. The third-order valence-electron chi connectivity index (χ3n) is 5.09. The molecule has 7 heteroatoms. The number of pyridine rings is 1. The lowest BCUT2D eigenvalue weighted by molar-refractivity contribution is -0.118. The van der Waals surface area contributed by atoms with Gasteiger partial charge in [-0.15, -0.1) is 24.8 Å². The molecule has 1 aliphatic carbocycles. The molecule has 2 aliphatic rings. The van der Waals surface area contributed by atoms with Crippen molar-refractivity contribution in [2.45, 2.75) is 19.3 Å². The van der Waals surface area contributed by atoms with E-state index in [0.29, 0.717) is 5.75 Å². The highest BCUT2D eigenvalue weighted by Gasteiger charge is 2.57. The number of hydrogen-bond acceptors (Lipinski definition) is 4. The quantitative estimate of drug-likeness (QED) is 0.819. The first kappa shape index (κ1) is 20.5. The van der Waals surface area contributed by atoms with Crippen LogP contribution >= 0.6 is 24.8 Å². The second kappa shape index (κ2) is 8.71. The molecule has 0 bridgehead atoms. The van der Waals surface area contributed by atoms with Gasteiger partial charge in [-0.1, -0.05) is 6.07 Å². The number of aromatic nitrogens is 1. The van der Waals surface area contributed by atoms with Crippen molar-refractivity contribution in [3.8, 4) is 11.5 Å². The minimum Gasteiger partial charge on any atom is -0.457 e. The van der Waals surface area contributed by atoms with Gasteiger partial charge in [-0.2, -0.15) is 0 Å². The molecule has 1 aromatic heterocycles. The maximum atomic E-state index is 12.5. The third-order valence-corrected chi connectivity index (χ3v) is 5.09. The van der Waals surface area contributed by atoms with Crippen LogP contribution in [0.5, 0.6) is 11.5 Å². The van der Waals surface area contributed by atoms with Crippen LogP contribution < -0.4 is 15.4 Å². The van der Waals surface area contributed by atoms with Crippen LogP contribution in [0.2, 0.25) is 0 Å². The van der Waals surface area contributed by atoms with Crippen LogP contribution in [-0.2, 0) is 4.79 Å². The summed E-state index contributed by atoms with van der Waals surface area (Å²) >= 11 is 0. The highest BCUT2D eigenvalue weighted by molar-refractivity contribution is 5.95. The number of carbonyl (C=O) groups is 1. The summed E-state index contributed by atoms with van der Waals surface area (Å²) < 4.78 is 5.79. The van der Waals surface area contributed by atoms with Crippen molar-refractivity contribution in [2.24, 2.45) is 11.3 Å². The Labute approximate surface area is 165 Å². The zero-order valence-electron chi connectivity index (χ0n) is 14.3. The Morgan fingerprint density at radius 1 is 1.12 bits per heavy atom. The van der Waals surface area contributed by atoms with E-state index in [2.05, 4.69) is 15.6 Å². The van der Waals surface area contributed by atoms with Crippen molar-refractivity contribution in [2.75, 3.05) is 18.4 Å². The van der Waals surface area contributed by atoms with E-state index >= 15 is 0 Å². The number of amides is 1. The molecule has 26 heavy (non-hydrogen) atoms. The van der Waals surface area contributed by atoms with E-state index in [1.54, 1.807) is 24.5 Å². The zero-order valence-corrected chi connectivity index (χ0v) is 15.9. The molecule has 0 radical (unpaired) electrons. The van der Waals surface area contributed by atoms with Crippen molar-refractivity contribution in [1.82, 2.24) is 10.3 Å². The van der Waals surface area contributed by atoms with Crippen LogP contribution in [0.25, 0.3) is 0 Å². The second-order valence-corrected chi connectivity index (χ2v) is 6.67. The van der Waals surface area contributed by atoms with Crippen molar-refractivity contribution >= 4 is 36.4 Å². The summed E-state index contributed by atoms with van der Waals surface area (Å²) in [7, 11) is 0. The first-order valence-corrected chi connectivity index (χ1v) is 8.45. The maximum absolute atomic E-state index is 12.5. The first-order valence-electron chi connectivity index (χ1n) is 8.45. The van der Waals surface area contributed by atoms with Crippen LogP contribution in [0.4, 0.5) is 5.69 Å². The Kier molecular flexibility index (Phi) is 6.87. The van der Waals surface area contributed by atoms with Gasteiger partial charge in [0, 0.05) is 30.1 Å². The van der Waals surface area contributed by atoms with E-state index in [1.165, 1.54) is 0 Å². The highest BCUT2D eigenvalue weighted by atomic mass is 35.5. The summed E-state index contributed by atoms with van der Waals surface area (Å²) in [6, 6.07) is 11.1. The molecule has 1 amide bonds. The van der Waals surface area contributed by atoms with Crippen molar-refractivity contribution < 1.29 is 9.53 Å². The Hall–Kier alpha value is -1.82. The molecule has 1 aliphatic heterocycles. The average molecular weight is 396 g/mol. The maximum Gasteiger partial charge on any atom is 0.228 e. The number of nitrogens with one attached hydrogen (secondary N) is 2. The van der Waals surface area contributed by atoms with Gasteiger partial charge in [-0.05, 0) is 62.0 Å². The molecular weight excluding hydrogens is 373 g/mol. The van der Waals surface area contributed by atoms with Crippen LogP contribution in [0.1, 0.15) is 19.3 Å². The van der Waals surface area contributed by atoms with Gasteiger partial charge in [-0.3, -0.25) is 9.78 Å². The minimum absolute atomic E-state index is 0. The normalized spacial score (nSPS) is 19.6. The lowest BCUT2D eigenvalue weighted by Crippen LogP contribution is -2.31. The van der Waals surface area contributed by atoms with Crippen LogP contribution in [0, 0.1) is 11.3 Å². The Morgan fingerprint density at radius 2 is 1.85 bits per heavy atom. The molecule has 140 valence electrons. The Balaban J connectivity index is 0.00000121. The summed E-state index contributed by atoms with van der Waals surface area (Å²) in [6.07, 6.45) is 6.61. The number of halogens is 2. The molecule has 2 aromatic rings. The minimum atomic E-state index is 0. The number of anilines is 1. The number of rotatable bonds is 4. The second-order valence-electron chi connectivity index (χ2n) is 6.67. The zero-order chi connectivity index (χ0) is 16.4. The summed E-state index contributed by atoms with van der Waals surface area (Å²) in [5.41, 5.74) is 1.03. The van der Waals surface area contributed by atoms with E-state index in [9.17, 15) is 4.79 Å². The van der Waals surface area contributed by atoms with Gasteiger partial charge in [0.1, 0.15) is 11.5 Å². The molecule has 1 aromatic carbocycles. The molecular formula is C19H23Cl2N3O2. The third kappa shape index (κ3) is 4.47. The van der Waals surface area contributed by atoms with Gasteiger partial charge < -0.3 is 15.4 Å². The average Bonchev–Trinajstić information content (AvgIpc) is 3.30. The topological polar surface area (TPSA) is 63.2 Å². The molecule has 1 unspecified atom stereocenters. The van der Waals surface area contributed by atoms with Gasteiger partial charge in [0.05, 0.1) is 0 Å². The molecule has 2 heterocycles. The summed E-state index contributed by atoms with van der Waals surface area (Å²) in [5.74, 6) is 1.72. The molecule has 2 fully saturated rings. The van der Waals surface area contributed by atoms with Crippen LogP contribution in [0.3, 0.4) is 0 Å². The Bertz CT molecular complexity index is 737. The van der Waals surface area contributed by atoms with Crippen molar-refractivity contribution in [3.05, 3.63) is 48.8 Å². The van der Waals surface area contributed by atoms with Crippen LogP contribution in [0.15, 0.2) is 48.8 Å².